The van der Waals surface area contributed by atoms with E-state index in [4.69, 9.17) is 4.74 Å². The standard InChI is InChI=1S/C17H26N2O3/c1-13(2)16(19-14(3)20)17(21)18-10-7-11-22-12-15-8-5-4-6-9-15/h4-6,8-9,13,16H,7,10-12H2,1-3H3,(H,18,21)(H,19,20). The Balaban J connectivity index is 2.17. The van der Waals surface area contributed by atoms with E-state index in [0.717, 1.165) is 12.0 Å². The molecule has 0 aliphatic rings. The molecule has 0 aromatic heterocycles. The lowest BCUT2D eigenvalue weighted by atomic mass is 10.0. The molecule has 22 heavy (non-hydrogen) atoms. The molecule has 0 spiro atoms. The zero-order valence-electron chi connectivity index (χ0n) is 13.6. The number of hydrogen-bond donors (Lipinski definition) is 2. The lowest BCUT2D eigenvalue weighted by molar-refractivity contribution is -0.129. The van der Waals surface area contributed by atoms with Crippen molar-refractivity contribution >= 4 is 11.8 Å². The summed E-state index contributed by atoms with van der Waals surface area (Å²) in [5.41, 5.74) is 1.14. The Hall–Kier alpha value is -1.88. The Morgan fingerprint density at radius 2 is 1.86 bits per heavy atom. The monoisotopic (exact) mass is 306 g/mol. The van der Waals surface area contributed by atoms with E-state index in [9.17, 15) is 9.59 Å². The van der Waals surface area contributed by atoms with E-state index < -0.39 is 6.04 Å². The summed E-state index contributed by atoms with van der Waals surface area (Å²) >= 11 is 0. The number of carbonyl (C=O) groups excluding carboxylic acids is 2. The normalized spacial score (nSPS) is 12.0. The van der Waals surface area contributed by atoms with Gasteiger partial charge in [0.1, 0.15) is 6.04 Å². The number of rotatable bonds is 9. The Labute approximate surface area is 132 Å². The van der Waals surface area contributed by atoms with Gasteiger partial charge in [-0.1, -0.05) is 44.2 Å². The molecule has 122 valence electrons. The minimum absolute atomic E-state index is 0.0539. The number of carbonyl (C=O) groups is 2. The fourth-order valence-corrected chi connectivity index (χ4v) is 2.01. The van der Waals surface area contributed by atoms with Crippen molar-refractivity contribution < 1.29 is 14.3 Å². The molecule has 1 rings (SSSR count). The van der Waals surface area contributed by atoms with Crippen LogP contribution in [0, 0.1) is 5.92 Å². The third-order valence-electron chi connectivity index (χ3n) is 3.18. The van der Waals surface area contributed by atoms with Gasteiger partial charge < -0.3 is 15.4 Å². The minimum atomic E-state index is -0.484. The van der Waals surface area contributed by atoms with Gasteiger partial charge in [0.25, 0.3) is 0 Å². The third kappa shape index (κ3) is 7.22. The molecule has 5 nitrogen and oxygen atoms in total. The predicted octanol–water partition coefficient (Wildman–Crippen LogP) is 1.87. The molecule has 0 saturated carbocycles. The van der Waals surface area contributed by atoms with E-state index in [-0.39, 0.29) is 17.7 Å². The van der Waals surface area contributed by atoms with Crippen LogP contribution in [0.25, 0.3) is 0 Å². The van der Waals surface area contributed by atoms with Gasteiger partial charge in [-0.3, -0.25) is 9.59 Å². The highest BCUT2D eigenvalue weighted by molar-refractivity contribution is 5.86. The number of nitrogens with one attached hydrogen (secondary N) is 2. The number of benzene rings is 1. The van der Waals surface area contributed by atoms with Crippen molar-refractivity contribution in [2.45, 2.75) is 39.8 Å². The van der Waals surface area contributed by atoms with Gasteiger partial charge in [-0.05, 0) is 17.9 Å². The lowest BCUT2D eigenvalue weighted by Gasteiger charge is -2.20. The summed E-state index contributed by atoms with van der Waals surface area (Å²) in [5.74, 6) is -0.286. The highest BCUT2D eigenvalue weighted by atomic mass is 16.5. The van der Waals surface area contributed by atoms with Gasteiger partial charge in [0.2, 0.25) is 11.8 Å². The Morgan fingerprint density at radius 3 is 2.45 bits per heavy atom. The summed E-state index contributed by atoms with van der Waals surface area (Å²) in [6.45, 7) is 6.93. The minimum Gasteiger partial charge on any atom is -0.377 e. The van der Waals surface area contributed by atoms with E-state index in [2.05, 4.69) is 10.6 Å². The molecule has 1 aromatic carbocycles. The van der Waals surface area contributed by atoms with Crippen molar-refractivity contribution in [3.8, 4) is 0 Å². The summed E-state index contributed by atoms with van der Waals surface area (Å²) in [4.78, 5) is 23.1. The molecule has 0 aliphatic carbocycles. The van der Waals surface area contributed by atoms with Crippen LogP contribution in [-0.2, 0) is 20.9 Å². The molecule has 2 amide bonds. The molecular weight excluding hydrogens is 280 g/mol. The molecule has 5 heteroatoms. The second-order valence-electron chi connectivity index (χ2n) is 5.60. The van der Waals surface area contributed by atoms with Crippen molar-refractivity contribution in [1.29, 1.82) is 0 Å². The van der Waals surface area contributed by atoms with Crippen molar-refractivity contribution in [2.75, 3.05) is 13.2 Å². The van der Waals surface area contributed by atoms with Crippen LogP contribution in [0.4, 0.5) is 0 Å². The molecule has 0 aliphatic heterocycles. The quantitative estimate of drug-likeness (QED) is 0.684. The van der Waals surface area contributed by atoms with Crippen molar-refractivity contribution in [1.82, 2.24) is 10.6 Å². The van der Waals surface area contributed by atoms with Crippen LogP contribution >= 0.6 is 0 Å². The average molecular weight is 306 g/mol. The van der Waals surface area contributed by atoms with E-state index in [1.54, 1.807) is 0 Å². The van der Waals surface area contributed by atoms with Crippen LogP contribution in [0.5, 0.6) is 0 Å². The fraction of sp³-hybridized carbons (Fsp3) is 0.529. The molecule has 0 heterocycles. The number of ether oxygens (including phenoxy) is 1. The maximum Gasteiger partial charge on any atom is 0.242 e. The second kappa shape index (κ2) is 9.95. The predicted molar refractivity (Wildman–Crippen MR) is 86.2 cm³/mol. The first-order valence-corrected chi connectivity index (χ1v) is 7.67. The summed E-state index contributed by atoms with van der Waals surface area (Å²) in [6.07, 6.45) is 0.740. The van der Waals surface area contributed by atoms with Gasteiger partial charge in [-0.25, -0.2) is 0 Å². The molecule has 2 N–H and O–H groups in total. The van der Waals surface area contributed by atoms with Crippen LogP contribution < -0.4 is 10.6 Å². The van der Waals surface area contributed by atoms with Crippen LogP contribution in [-0.4, -0.2) is 31.0 Å². The van der Waals surface area contributed by atoms with E-state index in [0.29, 0.717) is 19.8 Å². The summed E-state index contributed by atoms with van der Waals surface area (Å²) in [6, 6.07) is 9.48. The third-order valence-corrected chi connectivity index (χ3v) is 3.18. The molecule has 0 bridgehead atoms. The molecule has 0 radical (unpaired) electrons. The van der Waals surface area contributed by atoms with Gasteiger partial charge in [-0.15, -0.1) is 0 Å². The number of hydrogen-bond acceptors (Lipinski definition) is 3. The highest BCUT2D eigenvalue weighted by Crippen LogP contribution is 2.02. The van der Waals surface area contributed by atoms with Gasteiger partial charge in [-0.2, -0.15) is 0 Å². The first kappa shape index (κ1) is 18.2. The molecule has 1 unspecified atom stereocenters. The summed E-state index contributed by atoms with van der Waals surface area (Å²) in [7, 11) is 0. The fourth-order valence-electron chi connectivity index (χ4n) is 2.01. The van der Waals surface area contributed by atoms with Gasteiger partial charge in [0.15, 0.2) is 0 Å². The Bertz CT molecular complexity index is 460. The van der Waals surface area contributed by atoms with Crippen LogP contribution in [0.2, 0.25) is 0 Å². The number of amides is 2. The Kier molecular flexibility index (Phi) is 8.22. The molecule has 1 atom stereocenters. The first-order valence-electron chi connectivity index (χ1n) is 7.67. The topological polar surface area (TPSA) is 67.4 Å². The van der Waals surface area contributed by atoms with E-state index in [1.165, 1.54) is 6.92 Å². The SMILES string of the molecule is CC(=O)NC(C(=O)NCCCOCc1ccccc1)C(C)C. The maximum absolute atomic E-state index is 12.0. The molecule has 0 fully saturated rings. The summed E-state index contributed by atoms with van der Waals surface area (Å²) in [5, 5.41) is 5.50. The first-order chi connectivity index (χ1) is 10.5. The molecule has 1 aromatic rings. The zero-order chi connectivity index (χ0) is 16.4. The van der Waals surface area contributed by atoms with Crippen molar-refractivity contribution in [3.63, 3.8) is 0 Å². The second-order valence-corrected chi connectivity index (χ2v) is 5.60. The van der Waals surface area contributed by atoms with Crippen LogP contribution in [0.3, 0.4) is 0 Å². The zero-order valence-corrected chi connectivity index (χ0v) is 13.6. The van der Waals surface area contributed by atoms with E-state index in [1.807, 2.05) is 44.2 Å². The Morgan fingerprint density at radius 1 is 1.18 bits per heavy atom. The van der Waals surface area contributed by atoms with Crippen molar-refractivity contribution in [2.24, 2.45) is 5.92 Å². The van der Waals surface area contributed by atoms with Crippen LogP contribution in [0.15, 0.2) is 30.3 Å². The summed E-state index contributed by atoms with van der Waals surface area (Å²) < 4.78 is 5.55. The van der Waals surface area contributed by atoms with Crippen molar-refractivity contribution in [3.05, 3.63) is 35.9 Å². The van der Waals surface area contributed by atoms with Crippen LogP contribution in [0.1, 0.15) is 32.8 Å². The van der Waals surface area contributed by atoms with E-state index >= 15 is 0 Å². The van der Waals surface area contributed by atoms with Gasteiger partial charge in [0, 0.05) is 20.1 Å². The highest BCUT2D eigenvalue weighted by Gasteiger charge is 2.22. The van der Waals surface area contributed by atoms with Gasteiger partial charge in [0.05, 0.1) is 6.61 Å². The maximum atomic E-state index is 12.0. The molecular formula is C17H26N2O3. The largest absolute Gasteiger partial charge is 0.377 e. The average Bonchev–Trinajstić information content (AvgIpc) is 2.48. The lowest BCUT2D eigenvalue weighted by Crippen LogP contribution is -2.49. The molecule has 0 saturated heterocycles. The smallest absolute Gasteiger partial charge is 0.242 e. The van der Waals surface area contributed by atoms with Gasteiger partial charge >= 0.3 is 0 Å².